The maximum Gasteiger partial charge on any atom is 0.324 e. The molecule has 0 aliphatic carbocycles. The van der Waals surface area contributed by atoms with Crippen molar-refractivity contribution in [3.63, 3.8) is 0 Å². The van der Waals surface area contributed by atoms with Gasteiger partial charge < -0.3 is 15.3 Å². The standard InChI is InChI=1S/C33H45N5O4S/c1-3-4-5-6-7-8-21-37(2)33(40)38-22-18-27-23-30(15-16-31(27)38)43(41,42)36-29-13-11-26(12-14-29)17-20-35-25-32(39)28-10-9-19-34-24-28/h9-16,19,23-24,32,35-36,39H,3-8,17-18,20-22,25H2,1-2H3/t32-/m0/s1. The minimum absolute atomic E-state index is 0.0407. The molecule has 0 spiro atoms. The molecule has 0 radical (unpaired) electrons. The number of fused-ring (bicyclic) bond motifs is 1. The van der Waals surface area contributed by atoms with Gasteiger partial charge in [-0.15, -0.1) is 0 Å². The van der Waals surface area contributed by atoms with E-state index in [2.05, 4.69) is 21.9 Å². The Kier molecular flexibility index (Phi) is 12.0. The topological polar surface area (TPSA) is 115 Å². The summed E-state index contributed by atoms with van der Waals surface area (Å²) >= 11 is 0. The summed E-state index contributed by atoms with van der Waals surface area (Å²) in [5.41, 5.74) is 3.95. The fraction of sp³-hybridized carbons (Fsp3) is 0.455. The lowest BCUT2D eigenvalue weighted by Crippen LogP contribution is -2.40. The molecular weight excluding hydrogens is 562 g/mol. The second-order valence-corrected chi connectivity index (χ2v) is 12.9. The third-order valence-electron chi connectivity index (χ3n) is 7.86. The number of hydrogen-bond acceptors (Lipinski definition) is 6. The van der Waals surface area contributed by atoms with E-state index < -0.39 is 16.1 Å². The number of anilines is 2. The molecule has 1 aromatic heterocycles. The van der Waals surface area contributed by atoms with Gasteiger partial charge in [0.25, 0.3) is 10.0 Å². The summed E-state index contributed by atoms with van der Waals surface area (Å²) in [6, 6.07) is 15.9. The van der Waals surface area contributed by atoms with Gasteiger partial charge in [-0.3, -0.25) is 14.6 Å². The predicted molar refractivity (Wildman–Crippen MR) is 172 cm³/mol. The molecule has 9 nitrogen and oxygen atoms in total. The Hall–Kier alpha value is -3.47. The largest absolute Gasteiger partial charge is 0.387 e. The zero-order valence-corrected chi connectivity index (χ0v) is 26.2. The number of aliphatic hydroxyl groups is 1. The highest BCUT2D eigenvalue weighted by molar-refractivity contribution is 7.92. The number of rotatable bonds is 16. The summed E-state index contributed by atoms with van der Waals surface area (Å²) in [5, 5.41) is 13.5. The van der Waals surface area contributed by atoms with Gasteiger partial charge >= 0.3 is 6.03 Å². The maximum absolute atomic E-state index is 13.2. The third-order valence-corrected chi connectivity index (χ3v) is 9.24. The lowest BCUT2D eigenvalue weighted by molar-refractivity contribution is 0.174. The van der Waals surface area contributed by atoms with Crippen LogP contribution in [0.5, 0.6) is 0 Å². The second kappa shape index (κ2) is 15.8. The van der Waals surface area contributed by atoms with Crippen molar-refractivity contribution in [2.24, 2.45) is 0 Å². The number of aliphatic hydroxyl groups excluding tert-OH is 1. The molecule has 0 fully saturated rings. The van der Waals surface area contributed by atoms with Crippen molar-refractivity contribution in [2.75, 3.05) is 42.8 Å². The average molecular weight is 608 g/mol. The normalized spacial score (nSPS) is 13.5. The number of carbonyl (C=O) groups is 1. The molecule has 0 saturated carbocycles. The van der Waals surface area contributed by atoms with Crippen LogP contribution in [0.15, 0.2) is 71.9 Å². The minimum Gasteiger partial charge on any atom is -0.387 e. The molecule has 0 unspecified atom stereocenters. The van der Waals surface area contributed by atoms with E-state index >= 15 is 0 Å². The van der Waals surface area contributed by atoms with Crippen LogP contribution in [-0.2, 0) is 22.9 Å². The van der Waals surface area contributed by atoms with Gasteiger partial charge in [-0.1, -0.05) is 57.2 Å². The second-order valence-electron chi connectivity index (χ2n) is 11.2. The monoisotopic (exact) mass is 607 g/mol. The van der Waals surface area contributed by atoms with Crippen LogP contribution in [0.2, 0.25) is 0 Å². The number of hydrogen-bond donors (Lipinski definition) is 3. The Morgan fingerprint density at radius 1 is 1.07 bits per heavy atom. The van der Waals surface area contributed by atoms with Crippen LogP contribution in [0.4, 0.5) is 16.2 Å². The first-order valence-electron chi connectivity index (χ1n) is 15.3. The highest BCUT2D eigenvalue weighted by atomic mass is 32.2. The number of amides is 2. The maximum atomic E-state index is 13.2. The molecule has 1 aliphatic rings. The molecule has 4 rings (SSSR count). The molecule has 1 aliphatic heterocycles. The van der Waals surface area contributed by atoms with E-state index in [1.165, 1.54) is 25.7 Å². The van der Waals surface area contributed by atoms with E-state index in [0.717, 1.165) is 48.2 Å². The van der Waals surface area contributed by atoms with Crippen LogP contribution in [0.1, 0.15) is 68.2 Å². The van der Waals surface area contributed by atoms with E-state index in [0.29, 0.717) is 31.7 Å². The summed E-state index contributed by atoms with van der Waals surface area (Å²) in [6.07, 6.45) is 11.1. The number of pyridine rings is 1. The van der Waals surface area contributed by atoms with Crippen LogP contribution in [0, 0.1) is 0 Å². The average Bonchev–Trinajstić information content (AvgIpc) is 3.45. The zero-order valence-electron chi connectivity index (χ0n) is 25.3. The molecule has 10 heteroatoms. The van der Waals surface area contributed by atoms with Gasteiger partial charge in [0.05, 0.1) is 11.0 Å². The molecule has 2 aromatic carbocycles. The predicted octanol–water partition coefficient (Wildman–Crippen LogP) is 5.52. The van der Waals surface area contributed by atoms with Crippen molar-refractivity contribution in [1.29, 1.82) is 0 Å². The van der Waals surface area contributed by atoms with Crippen molar-refractivity contribution in [1.82, 2.24) is 15.2 Å². The molecule has 2 heterocycles. The van der Waals surface area contributed by atoms with Crippen LogP contribution < -0.4 is 14.9 Å². The molecule has 3 aromatic rings. The number of sulfonamides is 1. The van der Waals surface area contributed by atoms with E-state index in [1.807, 2.05) is 25.2 Å². The molecule has 43 heavy (non-hydrogen) atoms. The van der Waals surface area contributed by atoms with Crippen LogP contribution in [0.25, 0.3) is 0 Å². The zero-order chi connectivity index (χ0) is 30.7. The number of nitrogens with one attached hydrogen (secondary N) is 2. The van der Waals surface area contributed by atoms with E-state index in [-0.39, 0.29) is 10.9 Å². The number of carbonyl (C=O) groups excluding carboxylic acids is 1. The van der Waals surface area contributed by atoms with Gasteiger partial charge in [-0.2, -0.15) is 0 Å². The fourth-order valence-corrected chi connectivity index (χ4v) is 6.40. The molecular formula is C33H45N5O4S. The Morgan fingerprint density at radius 3 is 2.58 bits per heavy atom. The number of urea groups is 1. The Labute approximate surface area is 256 Å². The van der Waals surface area contributed by atoms with Gasteiger partial charge in [0, 0.05) is 56.0 Å². The summed E-state index contributed by atoms with van der Waals surface area (Å²) in [6.45, 7) is 4.57. The van der Waals surface area contributed by atoms with Crippen LogP contribution >= 0.6 is 0 Å². The van der Waals surface area contributed by atoms with Crippen molar-refractivity contribution < 1.29 is 18.3 Å². The van der Waals surface area contributed by atoms with Crippen molar-refractivity contribution >= 4 is 27.4 Å². The van der Waals surface area contributed by atoms with Crippen LogP contribution in [0.3, 0.4) is 0 Å². The van der Waals surface area contributed by atoms with E-state index in [9.17, 15) is 18.3 Å². The number of unbranched alkanes of at least 4 members (excludes halogenated alkanes) is 5. The fourth-order valence-electron chi connectivity index (χ4n) is 5.29. The lowest BCUT2D eigenvalue weighted by Gasteiger charge is -2.25. The van der Waals surface area contributed by atoms with Gasteiger partial charge in [0.15, 0.2) is 0 Å². The Morgan fingerprint density at radius 2 is 1.84 bits per heavy atom. The van der Waals surface area contributed by atoms with Gasteiger partial charge in [-0.05, 0) is 73.3 Å². The Bertz CT molecular complexity index is 1420. The molecule has 232 valence electrons. The minimum atomic E-state index is -3.79. The van der Waals surface area contributed by atoms with Crippen molar-refractivity contribution in [3.8, 4) is 0 Å². The summed E-state index contributed by atoms with van der Waals surface area (Å²) in [4.78, 5) is 20.8. The number of aromatic nitrogens is 1. The van der Waals surface area contributed by atoms with E-state index in [1.54, 1.807) is 58.6 Å². The van der Waals surface area contributed by atoms with Crippen molar-refractivity contribution in [2.45, 2.75) is 69.3 Å². The molecule has 1 atom stereocenters. The van der Waals surface area contributed by atoms with Gasteiger partial charge in [0.2, 0.25) is 0 Å². The summed E-state index contributed by atoms with van der Waals surface area (Å²) in [7, 11) is -1.95. The molecule has 3 N–H and O–H groups in total. The van der Waals surface area contributed by atoms with Crippen LogP contribution in [-0.4, -0.2) is 62.7 Å². The number of benzene rings is 2. The lowest BCUT2D eigenvalue weighted by atomic mass is 10.1. The first-order chi connectivity index (χ1) is 20.8. The highest BCUT2D eigenvalue weighted by Crippen LogP contribution is 2.31. The molecule has 0 saturated heterocycles. The van der Waals surface area contributed by atoms with Gasteiger partial charge in [-0.25, -0.2) is 13.2 Å². The third kappa shape index (κ3) is 9.26. The SMILES string of the molecule is CCCCCCCCN(C)C(=O)N1CCc2cc(S(=O)(=O)Nc3ccc(CCNC[C@H](O)c4cccnc4)cc3)ccc21. The highest BCUT2D eigenvalue weighted by Gasteiger charge is 2.28. The van der Waals surface area contributed by atoms with E-state index in [4.69, 9.17) is 0 Å². The first-order valence-corrected chi connectivity index (χ1v) is 16.8. The van der Waals surface area contributed by atoms with Gasteiger partial charge in [0.1, 0.15) is 0 Å². The molecule has 0 bridgehead atoms. The summed E-state index contributed by atoms with van der Waals surface area (Å²) < 4.78 is 29.0. The molecule has 2 amide bonds. The smallest absolute Gasteiger partial charge is 0.324 e. The summed E-state index contributed by atoms with van der Waals surface area (Å²) in [5.74, 6) is 0. The Balaban J connectivity index is 1.26. The first kappa shape index (κ1) is 32.4. The quantitative estimate of drug-likeness (QED) is 0.185. The number of nitrogens with zero attached hydrogens (tertiary/aromatic N) is 3. The van der Waals surface area contributed by atoms with Crippen molar-refractivity contribution in [3.05, 3.63) is 83.7 Å².